The SMILES string of the molecule is CCOC(=O)c1sc(N2C(=O)C(=O)/C(=C(/O)c3ccc(C)cc3)[C@@H]2c2ccc(C(C)C)cc2)nc1C. The van der Waals surface area contributed by atoms with Crippen molar-refractivity contribution >= 4 is 39.9 Å². The first-order valence-electron chi connectivity index (χ1n) is 11.8. The van der Waals surface area contributed by atoms with Crippen molar-refractivity contribution in [3.05, 3.63) is 86.9 Å². The van der Waals surface area contributed by atoms with Gasteiger partial charge < -0.3 is 9.84 Å². The summed E-state index contributed by atoms with van der Waals surface area (Å²) >= 11 is 0.992. The molecule has 4 rings (SSSR count). The molecule has 0 spiro atoms. The number of Topliss-reactive ketones (excluding diaryl/α,β-unsaturated/α-hetero) is 1. The van der Waals surface area contributed by atoms with Crippen LogP contribution in [-0.4, -0.2) is 34.4 Å². The lowest BCUT2D eigenvalue weighted by Gasteiger charge is -2.23. The molecular weight excluding hydrogens is 476 g/mol. The molecule has 1 atom stereocenters. The van der Waals surface area contributed by atoms with Gasteiger partial charge in [0.15, 0.2) is 5.13 Å². The summed E-state index contributed by atoms with van der Waals surface area (Å²) in [6, 6.07) is 13.8. The van der Waals surface area contributed by atoms with E-state index in [0.717, 1.165) is 22.5 Å². The highest BCUT2D eigenvalue weighted by Gasteiger charge is 2.48. The maximum atomic E-state index is 13.4. The Hall–Kier alpha value is -3.78. The fourth-order valence-electron chi connectivity index (χ4n) is 4.15. The Labute approximate surface area is 214 Å². The number of aromatic nitrogens is 1. The van der Waals surface area contributed by atoms with Gasteiger partial charge in [0.05, 0.1) is 23.9 Å². The summed E-state index contributed by atoms with van der Waals surface area (Å²) in [6.45, 7) is 9.64. The summed E-state index contributed by atoms with van der Waals surface area (Å²) < 4.78 is 5.12. The molecule has 1 fully saturated rings. The number of ether oxygens (including phenoxy) is 1. The number of thiazole rings is 1. The molecule has 0 bridgehead atoms. The summed E-state index contributed by atoms with van der Waals surface area (Å²) in [5, 5.41) is 11.4. The number of nitrogens with zero attached hydrogens (tertiary/aromatic N) is 2. The zero-order chi connectivity index (χ0) is 26.1. The number of hydrogen-bond donors (Lipinski definition) is 1. The highest BCUT2D eigenvalue weighted by molar-refractivity contribution is 7.17. The molecule has 36 heavy (non-hydrogen) atoms. The molecule has 0 aliphatic carbocycles. The van der Waals surface area contributed by atoms with Crippen LogP contribution in [0.1, 0.15) is 70.4 Å². The summed E-state index contributed by atoms with van der Waals surface area (Å²) in [5.74, 6) is -2.12. The van der Waals surface area contributed by atoms with Gasteiger partial charge in [-0.05, 0) is 37.8 Å². The Morgan fingerprint density at radius 2 is 1.72 bits per heavy atom. The third-order valence-electron chi connectivity index (χ3n) is 6.14. The number of carbonyl (C=O) groups is 3. The van der Waals surface area contributed by atoms with E-state index in [1.165, 1.54) is 4.90 Å². The van der Waals surface area contributed by atoms with E-state index in [2.05, 4.69) is 18.8 Å². The number of ketones is 1. The number of benzene rings is 2. The second-order valence-electron chi connectivity index (χ2n) is 8.99. The first-order valence-corrected chi connectivity index (χ1v) is 12.6. The number of rotatable bonds is 6. The quantitative estimate of drug-likeness (QED) is 0.201. The molecule has 8 heteroatoms. The zero-order valence-corrected chi connectivity index (χ0v) is 21.7. The molecule has 7 nitrogen and oxygen atoms in total. The predicted octanol–water partition coefficient (Wildman–Crippen LogP) is 5.69. The lowest BCUT2D eigenvalue weighted by Crippen LogP contribution is -2.29. The number of esters is 1. The van der Waals surface area contributed by atoms with Crippen LogP contribution in [0.4, 0.5) is 5.13 Å². The van der Waals surface area contributed by atoms with E-state index in [0.29, 0.717) is 22.7 Å². The lowest BCUT2D eigenvalue weighted by atomic mass is 9.93. The van der Waals surface area contributed by atoms with Crippen LogP contribution in [0.25, 0.3) is 5.76 Å². The van der Waals surface area contributed by atoms with Crippen LogP contribution >= 0.6 is 11.3 Å². The molecule has 1 aliphatic rings. The number of hydrogen-bond acceptors (Lipinski definition) is 7. The van der Waals surface area contributed by atoms with Gasteiger partial charge >= 0.3 is 11.9 Å². The molecule has 3 aromatic rings. The minimum atomic E-state index is -0.909. The Balaban J connectivity index is 1.90. The predicted molar refractivity (Wildman–Crippen MR) is 139 cm³/mol. The second kappa shape index (κ2) is 10.1. The van der Waals surface area contributed by atoms with Crippen LogP contribution in [0.2, 0.25) is 0 Å². The first-order chi connectivity index (χ1) is 17.1. The molecule has 2 heterocycles. The van der Waals surface area contributed by atoms with E-state index in [-0.39, 0.29) is 27.9 Å². The number of carbonyl (C=O) groups excluding carboxylic acids is 3. The smallest absolute Gasteiger partial charge is 0.350 e. The highest BCUT2D eigenvalue weighted by Crippen LogP contribution is 2.44. The maximum absolute atomic E-state index is 13.4. The minimum Gasteiger partial charge on any atom is -0.507 e. The third kappa shape index (κ3) is 4.56. The van der Waals surface area contributed by atoms with E-state index in [1.807, 2.05) is 43.3 Å². The number of aryl methyl sites for hydroxylation is 2. The highest BCUT2D eigenvalue weighted by atomic mass is 32.1. The normalized spacial score (nSPS) is 17.2. The Morgan fingerprint density at radius 1 is 1.08 bits per heavy atom. The second-order valence-corrected chi connectivity index (χ2v) is 9.97. The summed E-state index contributed by atoms with van der Waals surface area (Å²) in [7, 11) is 0. The van der Waals surface area contributed by atoms with Crippen LogP contribution in [0.15, 0.2) is 54.1 Å². The number of amides is 1. The van der Waals surface area contributed by atoms with E-state index < -0.39 is 23.7 Å². The van der Waals surface area contributed by atoms with Crippen LogP contribution in [0.5, 0.6) is 0 Å². The van der Waals surface area contributed by atoms with Crippen molar-refractivity contribution in [2.24, 2.45) is 0 Å². The van der Waals surface area contributed by atoms with Gasteiger partial charge in [0, 0.05) is 5.56 Å². The van der Waals surface area contributed by atoms with Crippen molar-refractivity contribution in [2.75, 3.05) is 11.5 Å². The van der Waals surface area contributed by atoms with Crippen LogP contribution in [-0.2, 0) is 14.3 Å². The molecular formula is C28H28N2O5S. The van der Waals surface area contributed by atoms with Gasteiger partial charge in [0.1, 0.15) is 10.6 Å². The van der Waals surface area contributed by atoms with Gasteiger partial charge in [-0.25, -0.2) is 9.78 Å². The van der Waals surface area contributed by atoms with Crippen molar-refractivity contribution in [1.29, 1.82) is 0 Å². The molecule has 186 valence electrons. The molecule has 0 saturated carbocycles. The van der Waals surface area contributed by atoms with Gasteiger partial charge in [-0.3, -0.25) is 14.5 Å². The average molecular weight is 505 g/mol. The molecule has 1 saturated heterocycles. The number of aliphatic hydroxyl groups excluding tert-OH is 1. The monoisotopic (exact) mass is 504 g/mol. The van der Waals surface area contributed by atoms with E-state index in [4.69, 9.17) is 4.74 Å². The fourth-order valence-corrected chi connectivity index (χ4v) is 5.13. The Bertz CT molecular complexity index is 1350. The molecule has 1 aliphatic heterocycles. The van der Waals surface area contributed by atoms with Crippen molar-refractivity contribution in [3.63, 3.8) is 0 Å². The van der Waals surface area contributed by atoms with Gasteiger partial charge in [0.25, 0.3) is 5.78 Å². The first kappa shape index (κ1) is 25.3. The Morgan fingerprint density at radius 3 is 2.31 bits per heavy atom. The van der Waals surface area contributed by atoms with Gasteiger partial charge in [-0.15, -0.1) is 0 Å². The Kier molecular flexibility index (Phi) is 7.08. The fraction of sp³-hybridized carbons (Fsp3) is 0.286. The minimum absolute atomic E-state index is 0.0216. The van der Waals surface area contributed by atoms with Crippen LogP contribution < -0.4 is 4.90 Å². The van der Waals surface area contributed by atoms with Crippen LogP contribution in [0, 0.1) is 13.8 Å². The number of anilines is 1. The van der Waals surface area contributed by atoms with Crippen molar-refractivity contribution in [1.82, 2.24) is 4.98 Å². The standard InChI is InChI=1S/C28H28N2O5S/c1-6-35-27(34)25-17(5)29-28(36-25)30-22(19-13-11-18(12-14-19)15(2)3)21(24(32)26(30)33)23(31)20-9-7-16(4)8-10-20/h7-15,22,31H,6H2,1-5H3/b23-21+/t22-/m0/s1. The van der Waals surface area contributed by atoms with Crippen molar-refractivity contribution in [2.45, 2.75) is 46.6 Å². The van der Waals surface area contributed by atoms with Gasteiger partial charge in [0.2, 0.25) is 0 Å². The van der Waals surface area contributed by atoms with E-state index in [1.54, 1.807) is 26.0 Å². The van der Waals surface area contributed by atoms with Crippen LogP contribution in [0.3, 0.4) is 0 Å². The third-order valence-corrected chi connectivity index (χ3v) is 7.28. The average Bonchev–Trinajstić information content (AvgIpc) is 3.36. The largest absolute Gasteiger partial charge is 0.507 e. The molecule has 0 radical (unpaired) electrons. The van der Waals surface area contributed by atoms with E-state index >= 15 is 0 Å². The van der Waals surface area contributed by atoms with Crippen molar-refractivity contribution < 1.29 is 24.2 Å². The van der Waals surface area contributed by atoms with Gasteiger partial charge in [-0.1, -0.05) is 79.3 Å². The zero-order valence-electron chi connectivity index (χ0n) is 20.9. The topological polar surface area (TPSA) is 96.8 Å². The summed E-state index contributed by atoms with van der Waals surface area (Å²) in [4.78, 5) is 45.1. The van der Waals surface area contributed by atoms with E-state index in [9.17, 15) is 19.5 Å². The molecule has 1 aromatic heterocycles. The summed E-state index contributed by atoms with van der Waals surface area (Å²) in [6.07, 6.45) is 0. The van der Waals surface area contributed by atoms with Gasteiger partial charge in [-0.2, -0.15) is 0 Å². The summed E-state index contributed by atoms with van der Waals surface area (Å²) in [5.41, 5.74) is 3.57. The molecule has 0 unspecified atom stereocenters. The lowest BCUT2D eigenvalue weighted by molar-refractivity contribution is -0.132. The molecule has 1 amide bonds. The van der Waals surface area contributed by atoms with Crippen molar-refractivity contribution in [3.8, 4) is 0 Å². The number of aliphatic hydroxyl groups is 1. The maximum Gasteiger partial charge on any atom is 0.350 e. The molecule has 2 aromatic carbocycles. The molecule has 1 N–H and O–H groups in total.